The molecule has 0 bridgehead atoms. The maximum Gasteiger partial charge on any atom is 0.337 e. The van der Waals surface area contributed by atoms with E-state index in [1.165, 1.54) is 24.3 Å². The van der Waals surface area contributed by atoms with Gasteiger partial charge in [0.1, 0.15) is 18.2 Å². The molecule has 104 valence electrons. The number of anilines is 1. The first-order chi connectivity index (χ1) is 9.47. The second-order valence-corrected chi connectivity index (χ2v) is 4.41. The summed E-state index contributed by atoms with van der Waals surface area (Å²) >= 11 is 0. The molecule has 5 heteroatoms. The van der Waals surface area contributed by atoms with Gasteiger partial charge in [0.25, 0.3) is 0 Å². The van der Waals surface area contributed by atoms with Crippen molar-refractivity contribution in [2.45, 2.75) is 13.5 Å². The number of ether oxygens (including phenoxy) is 1. The highest BCUT2D eigenvalue weighted by Gasteiger charge is 2.09. The first kappa shape index (κ1) is 13.9. The summed E-state index contributed by atoms with van der Waals surface area (Å²) in [5.41, 5.74) is 7.35. The fourth-order valence-corrected chi connectivity index (χ4v) is 1.79. The van der Waals surface area contributed by atoms with E-state index in [4.69, 9.17) is 15.6 Å². The fraction of sp³-hybridized carbons (Fsp3) is 0.133. The Morgan fingerprint density at radius 1 is 1.30 bits per heavy atom. The van der Waals surface area contributed by atoms with Crippen molar-refractivity contribution in [3.05, 3.63) is 58.9 Å². The van der Waals surface area contributed by atoms with Crippen LogP contribution < -0.4 is 10.5 Å². The molecule has 0 unspecified atom stereocenters. The fourth-order valence-electron chi connectivity index (χ4n) is 1.79. The van der Waals surface area contributed by atoms with Gasteiger partial charge in [-0.05, 0) is 48.4 Å². The van der Waals surface area contributed by atoms with Crippen LogP contribution in [0.5, 0.6) is 5.75 Å². The van der Waals surface area contributed by atoms with E-state index in [0.29, 0.717) is 5.75 Å². The molecular weight excluding hydrogens is 261 g/mol. The van der Waals surface area contributed by atoms with E-state index in [0.717, 1.165) is 11.1 Å². The highest BCUT2D eigenvalue weighted by atomic mass is 19.1. The Bertz CT molecular complexity index is 656. The molecule has 2 aromatic carbocycles. The van der Waals surface area contributed by atoms with Crippen LogP contribution in [0.15, 0.2) is 36.4 Å². The number of aromatic carboxylic acids is 1. The van der Waals surface area contributed by atoms with Crippen LogP contribution in [0.1, 0.15) is 21.5 Å². The van der Waals surface area contributed by atoms with Crippen LogP contribution in [0.3, 0.4) is 0 Å². The van der Waals surface area contributed by atoms with Gasteiger partial charge in [0.2, 0.25) is 0 Å². The van der Waals surface area contributed by atoms with Gasteiger partial charge in [-0.3, -0.25) is 0 Å². The van der Waals surface area contributed by atoms with E-state index in [9.17, 15) is 9.18 Å². The van der Waals surface area contributed by atoms with Crippen LogP contribution in [-0.4, -0.2) is 11.1 Å². The highest BCUT2D eigenvalue weighted by molar-refractivity contribution is 5.94. The van der Waals surface area contributed by atoms with Crippen molar-refractivity contribution in [1.82, 2.24) is 0 Å². The minimum absolute atomic E-state index is 0.00155. The van der Waals surface area contributed by atoms with Gasteiger partial charge in [0, 0.05) is 5.69 Å². The van der Waals surface area contributed by atoms with Crippen LogP contribution in [-0.2, 0) is 6.61 Å². The van der Waals surface area contributed by atoms with Crippen molar-refractivity contribution in [1.29, 1.82) is 0 Å². The van der Waals surface area contributed by atoms with E-state index in [2.05, 4.69) is 0 Å². The summed E-state index contributed by atoms with van der Waals surface area (Å²) in [4.78, 5) is 11.0. The summed E-state index contributed by atoms with van der Waals surface area (Å²) in [5, 5.41) is 8.97. The maximum absolute atomic E-state index is 13.0. The van der Waals surface area contributed by atoms with Crippen molar-refractivity contribution in [3.8, 4) is 5.75 Å². The van der Waals surface area contributed by atoms with Crippen LogP contribution in [0, 0.1) is 12.7 Å². The van der Waals surface area contributed by atoms with Gasteiger partial charge in [0.15, 0.2) is 0 Å². The molecule has 0 aliphatic heterocycles. The number of rotatable bonds is 4. The Hall–Kier alpha value is -2.56. The molecule has 2 aromatic rings. The molecule has 0 saturated carbocycles. The average molecular weight is 275 g/mol. The number of carboxylic acid groups (broad SMARTS) is 1. The topological polar surface area (TPSA) is 72.5 Å². The predicted octanol–water partition coefficient (Wildman–Crippen LogP) is 2.99. The normalized spacial score (nSPS) is 10.3. The lowest BCUT2D eigenvalue weighted by Crippen LogP contribution is -2.04. The Balaban J connectivity index is 2.15. The zero-order valence-electron chi connectivity index (χ0n) is 10.9. The predicted molar refractivity (Wildman–Crippen MR) is 73.3 cm³/mol. The molecule has 0 spiro atoms. The third kappa shape index (κ3) is 3.06. The van der Waals surface area contributed by atoms with Gasteiger partial charge >= 0.3 is 5.97 Å². The summed E-state index contributed by atoms with van der Waals surface area (Å²) in [5.74, 6) is -1.00. The van der Waals surface area contributed by atoms with Gasteiger partial charge in [0.05, 0.1) is 5.56 Å². The second-order valence-electron chi connectivity index (χ2n) is 4.41. The van der Waals surface area contributed by atoms with Crippen molar-refractivity contribution in [3.63, 3.8) is 0 Å². The summed E-state index contributed by atoms with van der Waals surface area (Å²) in [7, 11) is 0. The largest absolute Gasteiger partial charge is 0.489 e. The van der Waals surface area contributed by atoms with Crippen molar-refractivity contribution < 1.29 is 19.0 Å². The molecular formula is C15H14FNO3. The van der Waals surface area contributed by atoms with Crippen LogP contribution in [0.4, 0.5) is 10.1 Å². The first-order valence-electron chi connectivity index (χ1n) is 5.98. The average Bonchev–Trinajstić information content (AvgIpc) is 2.39. The van der Waals surface area contributed by atoms with E-state index in [1.54, 1.807) is 19.1 Å². The molecule has 2 rings (SSSR count). The quantitative estimate of drug-likeness (QED) is 0.841. The van der Waals surface area contributed by atoms with E-state index >= 15 is 0 Å². The number of hydrogen-bond acceptors (Lipinski definition) is 3. The molecule has 0 radical (unpaired) electrons. The molecule has 0 fully saturated rings. The Labute approximate surface area is 115 Å². The van der Waals surface area contributed by atoms with Gasteiger partial charge in [-0.1, -0.05) is 6.07 Å². The van der Waals surface area contributed by atoms with Crippen LogP contribution in [0.2, 0.25) is 0 Å². The summed E-state index contributed by atoms with van der Waals surface area (Å²) in [6.45, 7) is 2.02. The number of carboxylic acids is 1. The second kappa shape index (κ2) is 5.61. The number of nitrogen functional groups attached to an aromatic ring is 1. The Kier molecular flexibility index (Phi) is 3.89. The zero-order valence-corrected chi connectivity index (χ0v) is 10.9. The van der Waals surface area contributed by atoms with Gasteiger partial charge in [-0.25, -0.2) is 9.18 Å². The number of aryl methyl sites for hydroxylation is 1. The molecule has 20 heavy (non-hydrogen) atoms. The molecule has 0 atom stereocenters. The van der Waals surface area contributed by atoms with Crippen molar-refractivity contribution in [2.75, 3.05) is 5.73 Å². The maximum atomic E-state index is 13.0. The van der Waals surface area contributed by atoms with E-state index < -0.39 is 5.97 Å². The van der Waals surface area contributed by atoms with E-state index in [-0.39, 0.29) is 23.7 Å². The molecule has 0 aliphatic carbocycles. The third-order valence-electron chi connectivity index (χ3n) is 2.95. The van der Waals surface area contributed by atoms with Gasteiger partial charge < -0.3 is 15.6 Å². The number of benzene rings is 2. The molecule has 0 amide bonds. The summed E-state index contributed by atoms with van der Waals surface area (Å²) in [6, 6.07) is 8.87. The minimum Gasteiger partial charge on any atom is -0.489 e. The van der Waals surface area contributed by atoms with Crippen LogP contribution in [0.25, 0.3) is 0 Å². The van der Waals surface area contributed by atoms with E-state index in [1.807, 2.05) is 0 Å². The summed E-state index contributed by atoms with van der Waals surface area (Å²) < 4.78 is 18.5. The lowest BCUT2D eigenvalue weighted by Gasteiger charge is -2.10. The van der Waals surface area contributed by atoms with Crippen molar-refractivity contribution >= 4 is 11.7 Å². The number of nitrogens with two attached hydrogens (primary N) is 1. The standard InChI is InChI=1S/C15H14FNO3/c1-9-6-11(16)3-2-10(9)8-20-12-4-5-14(17)13(7-12)15(18)19/h2-7H,8,17H2,1H3,(H,18,19). The Morgan fingerprint density at radius 2 is 2.05 bits per heavy atom. The first-order valence-corrected chi connectivity index (χ1v) is 5.98. The molecule has 0 aromatic heterocycles. The zero-order chi connectivity index (χ0) is 14.7. The Morgan fingerprint density at radius 3 is 2.70 bits per heavy atom. The smallest absolute Gasteiger partial charge is 0.337 e. The van der Waals surface area contributed by atoms with Gasteiger partial charge in [-0.15, -0.1) is 0 Å². The minimum atomic E-state index is -1.11. The molecule has 4 nitrogen and oxygen atoms in total. The number of carbonyl (C=O) groups is 1. The lowest BCUT2D eigenvalue weighted by molar-refractivity contribution is 0.0697. The van der Waals surface area contributed by atoms with Crippen LogP contribution >= 0.6 is 0 Å². The molecule has 3 N–H and O–H groups in total. The highest BCUT2D eigenvalue weighted by Crippen LogP contribution is 2.21. The summed E-state index contributed by atoms with van der Waals surface area (Å²) in [6.07, 6.45) is 0. The monoisotopic (exact) mass is 275 g/mol. The number of halogens is 1. The molecule has 0 aliphatic rings. The SMILES string of the molecule is Cc1cc(F)ccc1COc1ccc(N)c(C(=O)O)c1. The molecule has 0 heterocycles. The molecule has 0 saturated heterocycles. The van der Waals surface area contributed by atoms with Crippen molar-refractivity contribution in [2.24, 2.45) is 0 Å². The third-order valence-corrected chi connectivity index (χ3v) is 2.95. The lowest BCUT2D eigenvalue weighted by atomic mass is 10.1. The van der Waals surface area contributed by atoms with Gasteiger partial charge in [-0.2, -0.15) is 0 Å². The number of hydrogen-bond donors (Lipinski definition) is 2.